The van der Waals surface area contributed by atoms with E-state index in [4.69, 9.17) is 9.47 Å². The summed E-state index contributed by atoms with van der Waals surface area (Å²) in [5.74, 6) is 0.882. The predicted molar refractivity (Wildman–Crippen MR) is 93.3 cm³/mol. The molecule has 3 rings (SSSR count). The van der Waals surface area contributed by atoms with Crippen LogP contribution in [0.4, 0.5) is 5.69 Å². The van der Waals surface area contributed by atoms with Gasteiger partial charge in [0.15, 0.2) is 6.10 Å². The van der Waals surface area contributed by atoms with Crippen LogP contribution in [0.1, 0.15) is 32.4 Å². The summed E-state index contributed by atoms with van der Waals surface area (Å²) in [6.07, 6.45) is 0.659. The van der Waals surface area contributed by atoms with Crippen LogP contribution in [0.3, 0.4) is 0 Å². The summed E-state index contributed by atoms with van der Waals surface area (Å²) in [5.41, 5.74) is -2.11. The molecule has 1 N–H and O–H groups in total. The van der Waals surface area contributed by atoms with Gasteiger partial charge in [-0.05, 0) is 32.9 Å². The van der Waals surface area contributed by atoms with E-state index in [0.29, 0.717) is 22.1 Å². The SMILES string of the molecule is CC1(C)Oc2ccc([N+](=O)[O-])cc2C(Oc2ccnc(S)c2)C1(C)O. The minimum atomic E-state index is -1.45. The number of pyridine rings is 1. The number of hydrogen-bond donors (Lipinski definition) is 2. The molecule has 8 heteroatoms. The quantitative estimate of drug-likeness (QED) is 0.494. The number of nitro benzene ring substituents is 1. The summed E-state index contributed by atoms with van der Waals surface area (Å²) in [6, 6.07) is 7.50. The second kappa shape index (κ2) is 5.89. The van der Waals surface area contributed by atoms with Gasteiger partial charge in [-0.2, -0.15) is 0 Å². The molecule has 0 fully saturated rings. The van der Waals surface area contributed by atoms with Crippen LogP contribution in [0.5, 0.6) is 11.5 Å². The van der Waals surface area contributed by atoms with Crippen LogP contribution in [0.15, 0.2) is 41.6 Å². The molecule has 0 amide bonds. The summed E-state index contributed by atoms with van der Waals surface area (Å²) in [5, 5.41) is 22.7. The maximum Gasteiger partial charge on any atom is 0.270 e. The Bertz CT molecular complexity index is 838. The standard InChI is InChI=1S/C17H18N2O5S/c1-16(2)17(3,20)15(23-11-6-7-18-14(25)9-11)12-8-10(19(21)22)4-5-13(12)24-16/h4-9,15,20H,1-3H3,(H,18,25). The second-order valence-electron chi connectivity index (χ2n) is 6.59. The lowest BCUT2D eigenvalue weighted by molar-refractivity contribution is -0.385. The van der Waals surface area contributed by atoms with Crippen molar-refractivity contribution in [2.75, 3.05) is 0 Å². The van der Waals surface area contributed by atoms with Crippen molar-refractivity contribution in [2.24, 2.45) is 0 Å². The van der Waals surface area contributed by atoms with Crippen molar-refractivity contribution in [1.29, 1.82) is 0 Å². The number of fused-ring (bicyclic) bond motifs is 1. The van der Waals surface area contributed by atoms with Crippen molar-refractivity contribution in [1.82, 2.24) is 4.98 Å². The lowest BCUT2D eigenvalue weighted by atomic mass is 9.77. The average molecular weight is 362 g/mol. The fourth-order valence-electron chi connectivity index (χ4n) is 2.73. The van der Waals surface area contributed by atoms with Crippen molar-refractivity contribution in [3.05, 3.63) is 52.2 Å². The first-order valence-corrected chi connectivity index (χ1v) is 8.08. The Kier molecular flexibility index (Phi) is 4.12. The molecular formula is C17H18N2O5S. The van der Waals surface area contributed by atoms with Gasteiger partial charge >= 0.3 is 0 Å². The maximum atomic E-state index is 11.1. The fourth-order valence-corrected chi connectivity index (χ4v) is 2.93. The highest BCUT2D eigenvalue weighted by Gasteiger charge is 2.54. The van der Waals surface area contributed by atoms with Crippen LogP contribution in [0, 0.1) is 10.1 Å². The van der Waals surface area contributed by atoms with Gasteiger partial charge in [-0.1, -0.05) is 0 Å². The lowest BCUT2D eigenvalue weighted by Gasteiger charge is -2.48. The summed E-state index contributed by atoms with van der Waals surface area (Å²) < 4.78 is 11.9. The molecule has 0 aliphatic carbocycles. The van der Waals surface area contributed by atoms with Gasteiger partial charge in [-0.25, -0.2) is 4.98 Å². The minimum absolute atomic E-state index is 0.101. The van der Waals surface area contributed by atoms with Crippen molar-refractivity contribution < 1.29 is 19.5 Å². The first-order chi connectivity index (χ1) is 11.6. The molecule has 1 aromatic carbocycles. The van der Waals surface area contributed by atoms with Gasteiger partial charge in [-0.15, -0.1) is 12.6 Å². The molecule has 2 heterocycles. The van der Waals surface area contributed by atoms with E-state index < -0.39 is 22.2 Å². The van der Waals surface area contributed by atoms with E-state index in [2.05, 4.69) is 17.6 Å². The van der Waals surface area contributed by atoms with Crippen molar-refractivity contribution in [3.8, 4) is 11.5 Å². The smallest absolute Gasteiger partial charge is 0.270 e. The third-order valence-corrected chi connectivity index (χ3v) is 4.80. The molecule has 1 aliphatic heterocycles. The number of ether oxygens (including phenoxy) is 2. The number of hydrogen-bond acceptors (Lipinski definition) is 7. The highest BCUT2D eigenvalue weighted by atomic mass is 32.1. The van der Waals surface area contributed by atoms with E-state index >= 15 is 0 Å². The Balaban J connectivity index is 2.12. The van der Waals surface area contributed by atoms with E-state index in [0.717, 1.165) is 0 Å². The molecule has 2 aromatic rings. The molecule has 0 bridgehead atoms. The third kappa shape index (κ3) is 3.03. The molecule has 0 radical (unpaired) electrons. The van der Waals surface area contributed by atoms with Gasteiger partial charge in [0.2, 0.25) is 0 Å². The van der Waals surface area contributed by atoms with E-state index in [9.17, 15) is 15.2 Å². The highest BCUT2D eigenvalue weighted by Crippen LogP contribution is 2.49. The highest BCUT2D eigenvalue weighted by molar-refractivity contribution is 7.80. The van der Waals surface area contributed by atoms with E-state index in [-0.39, 0.29) is 5.69 Å². The van der Waals surface area contributed by atoms with Crippen LogP contribution in [-0.2, 0) is 0 Å². The van der Waals surface area contributed by atoms with Crippen LogP contribution in [-0.4, -0.2) is 26.2 Å². The van der Waals surface area contributed by atoms with Crippen LogP contribution >= 0.6 is 12.6 Å². The topological polar surface area (TPSA) is 94.7 Å². The number of thiol groups is 1. The molecule has 1 aromatic heterocycles. The predicted octanol–water partition coefficient (Wildman–Crippen LogP) is 3.32. The fraction of sp³-hybridized carbons (Fsp3) is 0.353. The molecule has 0 saturated carbocycles. The number of benzene rings is 1. The zero-order chi connectivity index (χ0) is 18.4. The monoisotopic (exact) mass is 362 g/mol. The van der Waals surface area contributed by atoms with Gasteiger partial charge in [0.25, 0.3) is 5.69 Å². The molecule has 0 saturated heterocycles. The minimum Gasteiger partial charge on any atom is -0.484 e. The average Bonchev–Trinajstić information content (AvgIpc) is 2.51. The first kappa shape index (κ1) is 17.5. The zero-order valence-corrected chi connectivity index (χ0v) is 14.9. The van der Waals surface area contributed by atoms with Crippen LogP contribution in [0.2, 0.25) is 0 Å². The second-order valence-corrected chi connectivity index (χ2v) is 7.04. The Morgan fingerprint density at radius 1 is 1.32 bits per heavy atom. The number of aromatic nitrogens is 1. The van der Waals surface area contributed by atoms with Gasteiger partial charge in [0.05, 0.1) is 9.95 Å². The summed E-state index contributed by atoms with van der Waals surface area (Å²) in [7, 11) is 0. The first-order valence-electron chi connectivity index (χ1n) is 7.63. The van der Waals surface area contributed by atoms with Gasteiger partial charge in [-0.3, -0.25) is 10.1 Å². The molecule has 2 atom stereocenters. The lowest BCUT2D eigenvalue weighted by Crippen LogP contribution is -2.59. The molecule has 2 unspecified atom stereocenters. The van der Waals surface area contributed by atoms with Crippen LogP contribution < -0.4 is 9.47 Å². The summed E-state index contributed by atoms with van der Waals surface area (Å²) in [4.78, 5) is 14.6. The summed E-state index contributed by atoms with van der Waals surface area (Å²) in [6.45, 7) is 5.07. The Morgan fingerprint density at radius 3 is 2.68 bits per heavy atom. The molecule has 25 heavy (non-hydrogen) atoms. The molecule has 1 aliphatic rings. The van der Waals surface area contributed by atoms with Gasteiger partial charge in [0, 0.05) is 30.0 Å². The Hall–Kier alpha value is -2.32. The van der Waals surface area contributed by atoms with E-state index in [1.54, 1.807) is 32.9 Å². The van der Waals surface area contributed by atoms with Crippen molar-refractivity contribution >= 4 is 18.3 Å². The van der Waals surface area contributed by atoms with E-state index in [1.807, 2.05) is 0 Å². The normalized spacial score (nSPS) is 24.1. The maximum absolute atomic E-state index is 11.1. The number of aliphatic hydroxyl groups is 1. The third-order valence-electron chi connectivity index (χ3n) is 4.55. The molecule has 0 spiro atoms. The largest absolute Gasteiger partial charge is 0.484 e. The molecule has 7 nitrogen and oxygen atoms in total. The summed E-state index contributed by atoms with van der Waals surface area (Å²) >= 11 is 4.18. The van der Waals surface area contributed by atoms with Crippen molar-refractivity contribution in [2.45, 2.75) is 43.1 Å². The molecular weight excluding hydrogens is 344 g/mol. The number of nitro groups is 1. The van der Waals surface area contributed by atoms with E-state index in [1.165, 1.54) is 24.4 Å². The van der Waals surface area contributed by atoms with Crippen LogP contribution in [0.25, 0.3) is 0 Å². The number of rotatable bonds is 3. The van der Waals surface area contributed by atoms with Crippen molar-refractivity contribution in [3.63, 3.8) is 0 Å². The Labute approximate surface area is 150 Å². The zero-order valence-electron chi connectivity index (χ0n) is 14.0. The molecule has 132 valence electrons. The number of non-ortho nitro benzene ring substituents is 1. The van der Waals surface area contributed by atoms with Gasteiger partial charge < -0.3 is 14.6 Å². The number of nitrogens with zero attached hydrogens (tertiary/aromatic N) is 2. The Morgan fingerprint density at radius 2 is 2.04 bits per heavy atom. The van der Waals surface area contributed by atoms with Gasteiger partial charge in [0.1, 0.15) is 22.7 Å².